The van der Waals surface area contributed by atoms with Gasteiger partial charge in [-0.3, -0.25) is 4.99 Å². The molecule has 0 bridgehead atoms. The number of ether oxygens (including phenoxy) is 1. The smallest absolute Gasteiger partial charge is 0.331 e. The van der Waals surface area contributed by atoms with Crippen molar-refractivity contribution in [3.63, 3.8) is 0 Å². The van der Waals surface area contributed by atoms with Crippen LogP contribution in [0.3, 0.4) is 0 Å². The van der Waals surface area contributed by atoms with Crippen molar-refractivity contribution in [1.82, 2.24) is 4.98 Å². The minimum Gasteiger partial charge on any atom is -0.458 e. The number of benzene rings is 2. The maximum Gasteiger partial charge on any atom is 0.331 e. The molecule has 0 aliphatic carbocycles. The Morgan fingerprint density at radius 2 is 1.59 bits per heavy atom. The molecule has 29 heavy (non-hydrogen) atoms. The van der Waals surface area contributed by atoms with Crippen LogP contribution in [-0.2, 0) is 16.0 Å². The Bertz CT molecular complexity index is 931. The van der Waals surface area contributed by atoms with Crippen molar-refractivity contribution in [2.24, 2.45) is 4.99 Å². The van der Waals surface area contributed by atoms with E-state index in [-0.39, 0.29) is 5.97 Å². The predicted molar refractivity (Wildman–Crippen MR) is 119 cm³/mol. The summed E-state index contributed by atoms with van der Waals surface area (Å²) in [5.41, 5.74) is 2.14. The van der Waals surface area contributed by atoms with Crippen molar-refractivity contribution >= 4 is 23.0 Å². The number of esters is 1. The van der Waals surface area contributed by atoms with Crippen LogP contribution in [0.15, 0.2) is 71.9 Å². The number of nitrogens with zero attached hydrogens (tertiary/aromatic N) is 2. The first-order valence-electron chi connectivity index (χ1n) is 9.64. The fourth-order valence-corrected chi connectivity index (χ4v) is 3.74. The van der Waals surface area contributed by atoms with E-state index in [4.69, 9.17) is 9.73 Å². The molecule has 0 saturated carbocycles. The van der Waals surface area contributed by atoms with E-state index in [1.54, 1.807) is 11.3 Å². The Hall–Kier alpha value is -2.79. The highest BCUT2D eigenvalue weighted by atomic mass is 32.1. The van der Waals surface area contributed by atoms with Crippen molar-refractivity contribution in [3.8, 4) is 0 Å². The first-order chi connectivity index (χ1) is 13.8. The fraction of sp³-hybridized carbons (Fsp3) is 0.292. The number of hydrogen-bond acceptors (Lipinski definition) is 5. The molecule has 0 aliphatic rings. The Kier molecular flexibility index (Phi) is 6.60. The third kappa shape index (κ3) is 6.09. The second-order valence-electron chi connectivity index (χ2n) is 7.81. The van der Waals surface area contributed by atoms with Crippen LogP contribution in [0.5, 0.6) is 0 Å². The lowest BCUT2D eigenvalue weighted by Gasteiger charge is -2.23. The van der Waals surface area contributed by atoms with Gasteiger partial charge in [0, 0.05) is 28.6 Å². The number of aromatic nitrogens is 1. The van der Waals surface area contributed by atoms with E-state index in [0.29, 0.717) is 6.42 Å². The van der Waals surface area contributed by atoms with Gasteiger partial charge in [0.25, 0.3) is 0 Å². The van der Waals surface area contributed by atoms with Gasteiger partial charge in [0.2, 0.25) is 0 Å². The third-order valence-electron chi connectivity index (χ3n) is 4.12. The zero-order chi connectivity index (χ0) is 20.9. The monoisotopic (exact) mass is 406 g/mol. The SMILES string of the molecule is Cc1ncc(CC(N=C(c2ccccc2)c2ccccc2)C(=O)OC(C)(C)C)s1. The summed E-state index contributed by atoms with van der Waals surface area (Å²) in [6.07, 6.45) is 2.28. The summed E-state index contributed by atoms with van der Waals surface area (Å²) >= 11 is 1.58. The average molecular weight is 407 g/mol. The van der Waals surface area contributed by atoms with E-state index in [9.17, 15) is 4.79 Å². The lowest BCUT2D eigenvalue weighted by Crippen LogP contribution is -2.33. The van der Waals surface area contributed by atoms with E-state index in [0.717, 1.165) is 26.7 Å². The van der Waals surface area contributed by atoms with Crippen molar-refractivity contribution < 1.29 is 9.53 Å². The number of aryl methyl sites for hydroxylation is 1. The first kappa shape index (κ1) is 20.9. The molecule has 0 aliphatic heterocycles. The number of rotatable bonds is 6. The topological polar surface area (TPSA) is 51.5 Å². The molecule has 3 rings (SSSR count). The number of carbonyl (C=O) groups is 1. The van der Waals surface area contributed by atoms with Crippen molar-refractivity contribution in [2.45, 2.75) is 45.8 Å². The van der Waals surface area contributed by atoms with Crippen molar-refractivity contribution in [3.05, 3.63) is 87.9 Å². The van der Waals surface area contributed by atoms with E-state index >= 15 is 0 Å². The van der Waals surface area contributed by atoms with Gasteiger partial charge in [0.05, 0.1) is 10.7 Å². The fourth-order valence-electron chi connectivity index (χ4n) is 2.91. The van der Waals surface area contributed by atoms with Crippen LogP contribution in [0.4, 0.5) is 0 Å². The Morgan fingerprint density at radius 3 is 2.03 bits per heavy atom. The van der Waals surface area contributed by atoms with Gasteiger partial charge >= 0.3 is 5.97 Å². The van der Waals surface area contributed by atoms with Crippen LogP contribution in [0.1, 0.15) is 41.8 Å². The highest BCUT2D eigenvalue weighted by Gasteiger charge is 2.27. The zero-order valence-corrected chi connectivity index (χ0v) is 18.1. The summed E-state index contributed by atoms with van der Waals surface area (Å²) in [5.74, 6) is -0.326. The molecule has 1 atom stereocenters. The standard InChI is InChI=1S/C24H26N2O2S/c1-17-25-16-20(29-17)15-21(23(27)28-24(2,3)4)26-22(18-11-7-5-8-12-18)19-13-9-6-10-14-19/h5-14,16,21H,15H2,1-4H3. The average Bonchev–Trinajstić information content (AvgIpc) is 3.10. The van der Waals surface area contributed by atoms with Gasteiger partial charge < -0.3 is 4.74 Å². The molecule has 0 fully saturated rings. The maximum atomic E-state index is 13.0. The minimum atomic E-state index is -0.649. The molecule has 5 heteroatoms. The molecule has 0 saturated heterocycles. The van der Waals surface area contributed by atoms with Crippen LogP contribution in [0.2, 0.25) is 0 Å². The zero-order valence-electron chi connectivity index (χ0n) is 17.3. The molecule has 0 amide bonds. The molecular weight excluding hydrogens is 380 g/mol. The van der Waals surface area contributed by atoms with Gasteiger partial charge in [0.1, 0.15) is 5.60 Å². The molecule has 1 heterocycles. The lowest BCUT2D eigenvalue weighted by atomic mass is 10.0. The number of aliphatic imine (C=N–C) groups is 1. The summed E-state index contributed by atoms with van der Waals surface area (Å²) in [6, 6.07) is 19.2. The Balaban J connectivity index is 2.04. The number of carbonyl (C=O) groups excluding carboxylic acids is 1. The summed E-state index contributed by atoms with van der Waals surface area (Å²) in [5, 5.41) is 0.971. The second kappa shape index (κ2) is 9.14. The predicted octanol–water partition coefficient (Wildman–Crippen LogP) is 5.24. The molecule has 1 unspecified atom stereocenters. The molecule has 0 radical (unpaired) electrons. The van der Waals surface area contributed by atoms with E-state index < -0.39 is 11.6 Å². The molecule has 4 nitrogen and oxygen atoms in total. The molecule has 0 N–H and O–H groups in total. The quantitative estimate of drug-likeness (QED) is 0.415. The van der Waals surface area contributed by atoms with Gasteiger partial charge in [-0.2, -0.15) is 0 Å². The minimum absolute atomic E-state index is 0.326. The first-order valence-corrected chi connectivity index (χ1v) is 10.5. The van der Waals surface area contributed by atoms with Crippen LogP contribution in [-0.4, -0.2) is 28.3 Å². The Morgan fingerprint density at radius 1 is 1.03 bits per heavy atom. The molecule has 2 aromatic carbocycles. The third-order valence-corrected chi connectivity index (χ3v) is 5.06. The van der Waals surface area contributed by atoms with Crippen molar-refractivity contribution in [1.29, 1.82) is 0 Å². The maximum absolute atomic E-state index is 13.0. The van der Waals surface area contributed by atoms with Gasteiger partial charge in [-0.05, 0) is 27.7 Å². The number of hydrogen-bond donors (Lipinski definition) is 0. The highest BCUT2D eigenvalue weighted by Crippen LogP contribution is 2.20. The van der Waals surface area contributed by atoms with Gasteiger partial charge in [-0.25, -0.2) is 9.78 Å². The van der Waals surface area contributed by atoms with Crippen LogP contribution >= 0.6 is 11.3 Å². The summed E-state index contributed by atoms with van der Waals surface area (Å²) < 4.78 is 5.69. The van der Waals surface area contributed by atoms with Gasteiger partial charge in [0.15, 0.2) is 6.04 Å². The molecule has 1 aromatic heterocycles. The van der Waals surface area contributed by atoms with Crippen molar-refractivity contribution in [2.75, 3.05) is 0 Å². The Labute approximate surface area is 176 Å². The largest absolute Gasteiger partial charge is 0.458 e. The molecular formula is C24H26N2O2S. The number of thiazole rings is 1. The molecule has 3 aromatic rings. The van der Waals surface area contributed by atoms with E-state index in [2.05, 4.69) is 4.98 Å². The summed E-state index contributed by atoms with van der Waals surface area (Å²) in [6.45, 7) is 7.58. The van der Waals surface area contributed by atoms with E-state index in [1.165, 1.54) is 0 Å². The molecule has 0 spiro atoms. The normalized spacial score (nSPS) is 12.3. The van der Waals surface area contributed by atoms with Crippen LogP contribution in [0.25, 0.3) is 0 Å². The highest BCUT2D eigenvalue weighted by molar-refractivity contribution is 7.11. The molecule has 150 valence electrons. The van der Waals surface area contributed by atoms with Gasteiger partial charge in [-0.15, -0.1) is 11.3 Å². The second-order valence-corrected chi connectivity index (χ2v) is 9.13. The lowest BCUT2D eigenvalue weighted by molar-refractivity contribution is -0.156. The van der Waals surface area contributed by atoms with Gasteiger partial charge in [-0.1, -0.05) is 60.7 Å². The van der Waals surface area contributed by atoms with Crippen LogP contribution < -0.4 is 0 Å². The summed E-state index contributed by atoms with van der Waals surface area (Å²) in [4.78, 5) is 23.3. The summed E-state index contributed by atoms with van der Waals surface area (Å²) in [7, 11) is 0. The van der Waals surface area contributed by atoms with E-state index in [1.807, 2.05) is 94.6 Å². The van der Waals surface area contributed by atoms with Crippen LogP contribution in [0, 0.1) is 6.92 Å².